The van der Waals surface area contributed by atoms with E-state index < -0.39 is 0 Å². The van der Waals surface area contributed by atoms with Crippen LogP contribution in [0.2, 0.25) is 5.02 Å². The van der Waals surface area contributed by atoms with Crippen LogP contribution in [-0.2, 0) is 4.74 Å². The molecule has 1 saturated heterocycles. The van der Waals surface area contributed by atoms with Gasteiger partial charge in [-0.15, -0.1) is 11.3 Å². The second-order valence-corrected chi connectivity index (χ2v) is 7.49. The molecule has 7 nitrogen and oxygen atoms in total. The molecule has 3 aromatic rings. The van der Waals surface area contributed by atoms with Crippen molar-refractivity contribution in [3.63, 3.8) is 0 Å². The topological polar surface area (TPSA) is 100 Å². The van der Waals surface area contributed by atoms with Crippen molar-refractivity contribution in [2.75, 3.05) is 37.9 Å². The summed E-state index contributed by atoms with van der Waals surface area (Å²) in [6, 6.07) is 7.75. The number of aromatic amines is 1. The summed E-state index contributed by atoms with van der Waals surface area (Å²) in [5.41, 5.74) is 7.56. The second-order valence-electron chi connectivity index (χ2n) is 6.09. The van der Waals surface area contributed by atoms with Crippen LogP contribution in [0.5, 0.6) is 5.75 Å². The number of thiophene rings is 1. The van der Waals surface area contributed by atoms with Crippen molar-refractivity contribution in [3.05, 3.63) is 41.2 Å². The third-order valence-electron chi connectivity index (χ3n) is 4.47. The molecule has 3 N–H and O–H groups in total. The van der Waals surface area contributed by atoms with Gasteiger partial charge in [-0.2, -0.15) is 5.26 Å². The van der Waals surface area contributed by atoms with Gasteiger partial charge in [0, 0.05) is 36.6 Å². The van der Waals surface area contributed by atoms with E-state index in [0.29, 0.717) is 35.4 Å². The number of nitrogens with two attached hydrogens (primary N) is 1. The first kappa shape index (κ1) is 18.8. The van der Waals surface area contributed by atoms with Crippen LogP contribution in [-0.4, -0.2) is 43.0 Å². The molecule has 4 rings (SSSR count). The van der Waals surface area contributed by atoms with Gasteiger partial charge in [-0.3, -0.25) is 5.73 Å². The van der Waals surface area contributed by atoms with Crippen LogP contribution in [0.1, 0.15) is 5.56 Å². The smallest absolute Gasteiger partial charge is 0.148 e. The summed E-state index contributed by atoms with van der Waals surface area (Å²) in [4.78, 5) is 10.6. The number of nitrogens with one attached hydrogen (secondary N) is 1. The lowest BCUT2D eigenvalue weighted by atomic mass is 10.0. The van der Waals surface area contributed by atoms with Crippen LogP contribution >= 0.6 is 22.9 Å². The molecule has 1 aliphatic heterocycles. The maximum absolute atomic E-state index is 10.0. The molecule has 0 amide bonds. The summed E-state index contributed by atoms with van der Waals surface area (Å²) in [5, 5.41) is 11.4. The first-order chi connectivity index (χ1) is 13.7. The molecule has 0 aliphatic carbocycles. The number of hydrogen-bond acceptors (Lipinski definition) is 7. The fourth-order valence-electron chi connectivity index (χ4n) is 3.21. The summed E-state index contributed by atoms with van der Waals surface area (Å²) < 4.78 is 10.8. The number of H-pyrrole nitrogens is 1. The van der Waals surface area contributed by atoms with Crippen molar-refractivity contribution in [2.45, 2.75) is 0 Å². The Hall–Kier alpha value is -2.57. The Morgan fingerprint density at radius 2 is 2.21 bits per heavy atom. The lowest BCUT2D eigenvalue weighted by Gasteiger charge is -2.27. The molecule has 28 heavy (non-hydrogen) atoms. The van der Waals surface area contributed by atoms with Gasteiger partial charge in [-0.05, 0) is 18.2 Å². The molecule has 2 aromatic heterocycles. The Bertz CT molecular complexity index is 1010. The van der Waals surface area contributed by atoms with Crippen molar-refractivity contribution in [1.29, 1.82) is 5.26 Å². The van der Waals surface area contributed by atoms with Gasteiger partial charge in [-0.1, -0.05) is 11.6 Å². The first-order valence-electron chi connectivity index (χ1n) is 8.75. The summed E-state index contributed by atoms with van der Waals surface area (Å²) in [5.74, 6) is 1.28. The van der Waals surface area contributed by atoms with E-state index in [4.69, 9.17) is 26.8 Å². The number of aromatic nitrogens is 2. The zero-order chi connectivity index (χ0) is 19.5. The van der Waals surface area contributed by atoms with Crippen molar-refractivity contribution < 1.29 is 9.47 Å². The quantitative estimate of drug-likeness (QED) is 0.619. The fraction of sp³-hybridized carbons (Fsp3) is 0.263. The molecule has 144 valence electrons. The maximum atomic E-state index is 10.0. The Kier molecular flexibility index (Phi) is 5.50. The summed E-state index contributed by atoms with van der Waals surface area (Å²) in [6.07, 6.45) is 3.46. The van der Waals surface area contributed by atoms with Crippen molar-refractivity contribution in [1.82, 2.24) is 9.97 Å². The zero-order valence-electron chi connectivity index (χ0n) is 14.9. The van der Waals surface area contributed by atoms with E-state index in [-0.39, 0.29) is 6.73 Å². The van der Waals surface area contributed by atoms with Crippen molar-refractivity contribution >= 4 is 27.9 Å². The number of anilines is 1. The fourth-order valence-corrected chi connectivity index (χ4v) is 4.75. The predicted octanol–water partition coefficient (Wildman–Crippen LogP) is 3.46. The molecule has 3 heterocycles. The first-order valence-corrected chi connectivity index (χ1v) is 9.94. The minimum atomic E-state index is 0.0659. The van der Waals surface area contributed by atoms with Gasteiger partial charge < -0.3 is 19.4 Å². The number of hydrogen-bond donors (Lipinski definition) is 2. The predicted molar refractivity (Wildman–Crippen MR) is 110 cm³/mol. The van der Waals surface area contributed by atoms with Gasteiger partial charge in [0.1, 0.15) is 29.4 Å². The molecule has 0 bridgehead atoms. The van der Waals surface area contributed by atoms with Gasteiger partial charge in [0.2, 0.25) is 0 Å². The van der Waals surface area contributed by atoms with E-state index in [1.165, 1.54) is 11.3 Å². The number of imidazole rings is 1. The molecule has 0 spiro atoms. The van der Waals surface area contributed by atoms with Crippen LogP contribution in [0.4, 0.5) is 5.00 Å². The third kappa shape index (κ3) is 3.45. The normalized spacial score (nSPS) is 14.1. The number of benzene rings is 1. The Balaban J connectivity index is 1.90. The average molecular weight is 416 g/mol. The zero-order valence-corrected chi connectivity index (χ0v) is 16.5. The van der Waals surface area contributed by atoms with E-state index in [1.807, 2.05) is 6.07 Å². The highest BCUT2D eigenvalue weighted by Crippen LogP contribution is 2.48. The molecule has 0 atom stereocenters. The molecule has 1 aromatic carbocycles. The highest BCUT2D eigenvalue weighted by Gasteiger charge is 2.27. The van der Waals surface area contributed by atoms with Crippen LogP contribution < -0.4 is 15.4 Å². The van der Waals surface area contributed by atoms with E-state index in [9.17, 15) is 5.26 Å². The second kappa shape index (κ2) is 8.20. The highest BCUT2D eigenvalue weighted by atomic mass is 35.5. The lowest BCUT2D eigenvalue weighted by molar-refractivity contribution is 0.123. The highest BCUT2D eigenvalue weighted by molar-refractivity contribution is 7.20. The maximum Gasteiger partial charge on any atom is 0.148 e. The van der Waals surface area contributed by atoms with Gasteiger partial charge in [0.15, 0.2) is 0 Å². The number of morpholine rings is 1. The van der Waals surface area contributed by atoms with Gasteiger partial charge in [0.05, 0.1) is 28.7 Å². The van der Waals surface area contributed by atoms with Crippen molar-refractivity contribution in [3.8, 4) is 33.6 Å². The number of ether oxygens (including phenoxy) is 2. The summed E-state index contributed by atoms with van der Waals surface area (Å²) in [7, 11) is 0. The molecule has 0 radical (unpaired) electrons. The molecule has 0 unspecified atom stereocenters. The number of halogens is 1. The molecule has 1 aliphatic rings. The van der Waals surface area contributed by atoms with E-state index >= 15 is 0 Å². The van der Waals surface area contributed by atoms with Crippen LogP contribution in [0.3, 0.4) is 0 Å². The third-order valence-corrected chi connectivity index (χ3v) is 6.04. The minimum absolute atomic E-state index is 0.0659. The Morgan fingerprint density at radius 3 is 2.86 bits per heavy atom. The van der Waals surface area contributed by atoms with Crippen LogP contribution in [0, 0.1) is 11.3 Å². The van der Waals surface area contributed by atoms with Crippen molar-refractivity contribution in [2.24, 2.45) is 5.73 Å². The SMILES string of the molecule is N#Cc1c(N2CCOCC2)sc(-c2ncc[nH]2)c1-c1ccc(OCN)cc1Cl. The summed E-state index contributed by atoms with van der Waals surface area (Å²) >= 11 is 8.10. The molecule has 1 fully saturated rings. The number of nitrogens with zero attached hydrogens (tertiary/aromatic N) is 3. The van der Waals surface area contributed by atoms with E-state index in [0.717, 1.165) is 34.1 Å². The Labute approximate surface area is 171 Å². The summed E-state index contributed by atoms with van der Waals surface area (Å²) in [6.45, 7) is 2.82. The molecule has 9 heteroatoms. The number of rotatable bonds is 5. The lowest BCUT2D eigenvalue weighted by Crippen LogP contribution is -2.36. The Morgan fingerprint density at radius 1 is 1.39 bits per heavy atom. The molecule has 0 saturated carbocycles. The van der Waals surface area contributed by atoms with Gasteiger partial charge >= 0.3 is 0 Å². The largest absolute Gasteiger partial charge is 0.479 e. The van der Waals surface area contributed by atoms with Gasteiger partial charge in [0.25, 0.3) is 0 Å². The standard InChI is InChI=1S/C19H18ClN5O2S/c20-15-9-12(27-11-22)1-2-13(15)16-14(10-21)19(25-5-7-26-8-6-25)28-17(16)18-23-3-4-24-18/h1-4,9H,5-8,11,22H2,(H,23,24). The van der Waals surface area contributed by atoms with Gasteiger partial charge in [-0.25, -0.2) is 4.98 Å². The monoisotopic (exact) mass is 415 g/mol. The molecular weight excluding hydrogens is 398 g/mol. The number of nitriles is 1. The average Bonchev–Trinajstić information content (AvgIpc) is 3.36. The van der Waals surface area contributed by atoms with E-state index in [2.05, 4.69) is 20.9 Å². The van der Waals surface area contributed by atoms with Crippen LogP contribution in [0.25, 0.3) is 21.8 Å². The minimum Gasteiger partial charge on any atom is -0.479 e. The van der Waals surface area contributed by atoms with E-state index in [1.54, 1.807) is 24.5 Å². The molecular formula is C19H18ClN5O2S. The van der Waals surface area contributed by atoms with Crippen LogP contribution in [0.15, 0.2) is 30.6 Å².